The highest BCUT2D eigenvalue weighted by Gasteiger charge is 2.26. The molecule has 1 aliphatic heterocycles. The van der Waals surface area contributed by atoms with Gasteiger partial charge in [0.1, 0.15) is 0 Å². The minimum atomic E-state index is -3.16. The highest BCUT2D eigenvalue weighted by atomic mass is 32.2. The fourth-order valence-electron chi connectivity index (χ4n) is 1.66. The molecule has 20 heavy (non-hydrogen) atoms. The van der Waals surface area contributed by atoms with E-state index in [4.69, 9.17) is 16.2 Å². The molecule has 11 nitrogen and oxygen atoms in total. The normalized spacial score (nSPS) is 13.2. The quantitative estimate of drug-likeness (QED) is 0.189. The molecule has 1 amide bonds. The SMILES string of the molecule is N=C(N)NN(c1ncc2c(n1)CN(C(=O)O)C2)[SH](=O)=O. The van der Waals surface area contributed by atoms with Gasteiger partial charge in [-0.1, -0.05) is 0 Å². The van der Waals surface area contributed by atoms with E-state index in [9.17, 15) is 13.2 Å². The molecule has 1 aromatic rings. The van der Waals surface area contributed by atoms with Crippen LogP contribution >= 0.6 is 0 Å². The molecule has 0 fully saturated rings. The number of thiol groups is 1. The van der Waals surface area contributed by atoms with Crippen molar-refractivity contribution in [1.29, 1.82) is 5.41 Å². The Hall–Kier alpha value is -2.63. The Morgan fingerprint density at radius 1 is 1.55 bits per heavy atom. The first-order chi connectivity index (χ1) is 9.38. The number of fused-ring (bicyclic) bond motifs is 1. The van der Waals surface area contributed by atoms with E-state index >= 15 is 0 Å². The molecule has 0 saturated heterocycles. The second kappa shape index (κ2) is 5.16. The lowest BCUT2D eigenvalue weighted by atomic mass is 10.3. The van der Waals surface area contributed by atoms with Crippen LogP contribution in [0.2, 0.25) is 0 Å². The zero-order chi connectivity index (χ0) is 14.9. The maximum atomic E-state index is 11.1. The summed E-state index contributed by atoms with van der Waals surface area (Å²) < 4.78 is 22.7. The minimum Gasteiger partial charge on any atom is -0.465 e. The molecule has 0 bridgehead atoms. The molecule has 1 aliphatic rings. The van der Waals surface area contributed by atoms with Gasteiger partial charge in [-0.3, -0.25) is 15.7 Å². The number of hydrazine groups is 1. The van der Waals surface area contributed by atoms with Gasteiger partial charge in [0.05, 0.1) is 18.8 Å². The smallest absolute Gasteiger partial charge is 0.407 e. The Bertz CT molecular complexity index is 638. The lowest BCUT2D eigenvalue weighted by Crippen LogP contribution is -2.45. The molecule has 1 aromatic heterocycles. The molecule has 0 radical (unpaired) electrons. The first kappa shape index (κ1) is 13.8. The van der Waals surface area contributed by atoms with Gasteiger partial charge in [0, 0.05) is 11.8 Å². The molecule has 0 saturated carbocycles. The van der Waals surface area contributed by atoms with Gasteiger partial charge in [-0.2, -0.15) is 0 Å². The molecule has 0 aliphatic carbocycles. The number of amides is 1. The molecular formula is C8H11N7O4S. The van der Waals surface area contributed by atoms with Gasteiger partial charge < -0.3 is 10.8 Å². The fourth-order valence-corrected chi connectivity index (χ4v) is 2.09. The molecule has 2 heterocycles. The predicted molar refractivity (Wildman–Crippen MR) is 67.1 cm³/mol. The molecule has 5 N–H and O–H groups in total. The van der Waals surface area contributed by atoms with Crippen LogP contribution in [0.5, 0.6) is 0 Å². The van der Waals surface area contributed by atoms with Crippen LogP contribution in [0, 0.1) is 5.41 Å². The second-order valence-corrected chi connectivity index (χ2v) is 4.73. The van der Waals surface area contributed by atoms with Crippen molar-refractivity contribution < 1.29 is 18.3 Å². The number of nitrogens with two attached hydrogens (primary N) is 1. The van der Waals surface area contributed by atoms with E-state index in [1.807, 2.05) is 0 Å². The van der Waals surface area contributed by atoms with Crippen LogP contribution in [0.25, 0.3) is 0 Å². The van der Waals surface area contributed by atoms with E-state index < -0.39 is 22.9 Å². The number of hydrogen-bond acceptors (Lipinski definition) is 6. The summed E-state index contributed by atoms with van der Waals surface area (Å²) >= 11 is 0. The van der Waals surface area contributed by atoms with Gasteiger partial charge in [0.25, 0.3) is 5.95 Å². The number of carbonyl (C=O) groups is 1. The van der Waals surface area contributed by atoms with Crippen molar-refractivity contribution in [3.05, 3.63) is 17.5 Å². The molecule has 12 heteroatoms. The number of hydrogen-bond donors (Lipinski definition) is 5. The van der Waals surface area contributed by atoms with Gasteiger partial charge in [-0.05, 0) is 0 Å². The van der Waals surface area contributed by atoms with Crippen LogP contribution < -0.4 is 15.6 Å². The van der Waals surface area contributed by atoms with Crippen LogP contribution in [-0.2, 0) is 24.0 Å². The summed E-state index contributed by atoms with van der Waals surface area (Å²) in [5, 5.41) is 15.9. The third-order valence-corrected chi connectivity index (χ3v) is 3.10. The lowest BCUT2D eigenvalue weighted by Gasteiger charge is -2.16. The number of carboxylic acid groups (broad SMARTS) is 1. The zero-order valence-electron chi connectivity index (χ0n) is 9.98. The third kappa shape index (κ3) is 2.69. The highest BCUT2D eigenvalue weighted by Crippen LogP contribution is 2.21. The lowest BCUT2D eigenvalue weighted by molar-refractivity contribution is 0.145. The first-order valence-corrected chi connectivity index (χ1v) is 6.39. The van der Waals surface area contributed by atoms with E-state index in [1.165, 1.54) is 6.20 Å². The van der Waals surface area contributed by atoms with Gasteiger partial charge in [0.2, 0.25) is 16.8 Å². The van der Waals surface area contributed by atoms with Crippen molar-refractivity contribution >= 4 is 28.9 Å². The monoisotopic (exact) mass is 301 g/mol. The van der Waals surface area contributed by atoms with Gasteiger partial charge >= 0.3 is 6.09 Å². The number of guanidine groups is 1. The van der Waals surface area contributed by atoms with Gasteiger partial charge in [-0.25, -0.2) is 23.2 Å². The summed E-state index contributed by atoms with van der Waals surface area (Å²) in [5.74, 6) is -0.831. The van der Waals surface area contributed by atoms with Crippen molar-refractivity contribution in [3.8, 4) is 0 Å². The van der Waals surface area contributed by atoms with E-state index in [-0.39, 0.29) is 19.0 Å². The molecule has 0 unspecified atom stereocenters. The predicted octanol–water partition coefficient (Wildman–Crippen LogP) is -1.80. The Balaban J connectivity index is 2.30. The third-order valence-electron chi connectivity index (χ3n) is 2.49. The van der Waals surface area contributed by atoms with Crippen molar-refractivity contribution in [1.82, 2.24) is 20.3 Å². The second-order valence-electron chi connectivity index (χ2n) is 3.86. The average Bonchev–Trinajstić information content (AvgIpc) is 2.78. The summed E-state index contributed by atoms with van der Waals surface area (Å²) in [6.45, 7) is 0.193. The van der Waals surface area contributed by atoms with Crippen molar-refractivity contribution in [2.75, 3.05) is 4.41 Å². The minimum absolute atomic E-state index is 0.0454. The number of anilines is 1. The fraction of sp³-hybridized carbons (Fsp3) is 0.250. The summed E-state index contributed by atoms with van der Waals surface area (Å²) in [7, 11) is -3.16. The molecule has 0 spiro atoms. The number of nitrogens with zero attached hydrogens (tertiary/aromatic N) is 4. The molecule has 0 atom stereocenters. The Kier molecular flexibility index (Phi) is 3.56. The van der Waals surface area contributed by atoms with E-state index in [0.717, 1.165) is 4.90 Å². The number of rotatable bonds is 3. The summed E-state index contributed by atoms with van der Waals surface area (Å²) in [6.07, 6.45) is 0.243. The largest absolute Gasteiger partial charge is 0.465 e. The number of nitrogens with one attached hydrogen (secondary N) is 2. The molecular weight excluding hydrogens is 290 g/mol. The van der Waals surface area contributed by atoms with E-state index in [2.05, 4.69) is 15.4 Å². The standard InChI is InChI=1S/C8H11N7O4S/c9-6(10)13-15(20(18)19)7-11-1-4-2-14(8(16)17)3-5(4)12-7/h1,20H,2-3H2,(H,16,17)(H4,9,10,13). The van der Waals surface area contributed by atoms with Gasteiger partial charge in [0.15, 0.2) is 0 Å². The van der Waals surface area contributed by atoms with Gasteiger partial charge in [-0.15, -0.1) is 4.41 Å². The van der Waals surface area contributed by atoms with Crippen molar-refractivity contribution in [3.63, 3.8) is 0 Å². The van der Waals surface area contributed by atoms with E-state index in [0.29, 0.717) is 15.7 Å². The maximum absolute atomic E-state index is 11.1. The van der Waals surface area contributed by atoms with Crippen LogP contribution in [0.15, 0.2) is 6.20 Å². The van der Waals surface area contributed by atoms with Crippen LogP contribution in [0.1, 0.15) is 11.3 Å². The molecule has 0 aromatic carbocycles. The topological polar surface area (TPSA) is 166 Å². The van der Waals surface area contributed by atoms with Crippen LogP contribution in [-0.4, -0.2) is 40.4 Å². The van der Waals surface area contributed by atoms with Crippen molar-refractivity contribution in [2.45, 2.75) is 13.1 Å². The Morgan fingerprint density at radius 3 is 2.80 bits per heavy atom. The Labute approximate surface area is 114 Å². The first-order valence-electron chi connectivity index (χ1n) is 5.26. The summed E-state index contributed by atoms with van der Waals surface area (Å²) in [5.41, 5.74) is 8.13. The van der Waals surface area contributed by atoms with E-state index in [1.54, 1.807) is 0 Å². The summed E-state index contributed by atoms with van der Waals surface area (Å²) in [6, 6.07) is 0. The average molecular weight is 301 g/mol. The van der Waals surface area contributed by atoms with Crippen LogP contribution in [0.4, 0.5) is 10.7 Å². The Morgan fingerprint density at radius 2 is 2.25 bits per heavy atom. The zero-order valence-corrected chi connectivity index (χ0v) is 10.9. The summed E-state index contributed by atoms with van der Waals surface area (Å²) in [4.78, 5) is 19.8. The molecule has 108 valence electrons. The maximum Gasteiger partial charge on any atom is 0.407 e. The number of aromatic nitrogens is 2. The highest BCUT2D eigenvalue weighted by molar-refractivity contribution is 7.74. The van der Waals surface area contributed by atoms with Crippen LogP contribution in [0.3, 0.4) is 0 Å². The molecule has 2 rings (SSSR count). The van der Waals surface area contributed by atoms with Crippen molar-refractivity contribution in [2.24, 2.45) is 5.73 Å².